The molecule has 4 fully saturated rings. The Hall–Kier alpha value is -2.08. The first kappa shape index (κ1) is 25.9. The molecule has 6 heterocycles. The van der Waals surface area contributed by atoms with Crippen LogP contribution in [0.4, 0.5) is 20.3 Å². The van der Waals surface area contributed by atoms with Crippen LogP contribution in [0.25, 0.3) is 0 Å². The van der Waals surface area contributed by atoms with Crippen molar-refractivity contribution in [3.8, 4) is 6.01 Å². The van der Waals surface area contributed by atoms with Gasteiger partial charge in [0.15, 0.2) is 5.82 Å². The maximum absolute atomic E-state index is 15.3. The van der Waals surface area contributed by atoms with Gasteiger partial charge >= 0.3 is 6.01 Å². The third-order valence-electron chi connectivity index (χ3n) is 9.37. The van der Waals surface area contributed by atoms with E-state index in [1.165, 1.54) is 0 Å². The summed E-state index contributed by atoms with van der Waals surface area (Å²) in [5.74, 6) is 0.374. The quantitative estimate of drug-likeness (QED) is 0.496. The van der Waals surface area contributed by atoms with Gasteiger partial charge in [-0.3, -0.25) is 4.90 Å². The zero-order chi connectivity index (χ0) is 26.9. The van der Waals surface area contributed by atoms with Gasteiger partial charge in [-0.05, 0) is 50.8 Å². The van der Waals surface area contributed by atoms with Crippen molar-refractivity contribution in [2.24, 2.45) is 0 Å². The highest BCUT2D eigenvalue weighted by Gasteiger charge is 2.49. The molecule has 3 N–H and O–H groups in total. The van der Waals surface area contributed by atoms with E-state index < -0.39 is 18.1 Å². The van der Waals surface area contributed by atoms with Crippen LogP contribution in [0, 0.1) is 12.7 Å². The number of nitrogen functional groups attached to an aromatic ring is 1. The Labute approximate surface area is 235 Å². The molecule has 1 aromatic carbocycles. The van der Waals surface area contributed by atoms with Gasteiger partial charge in [0.25, 0.3) is 0 Å². The van der Waals surface area contributed by atoms with Crippen LogP contribution in [0.1, 0.15) is 60.6 Å². The lowest BCUT2D eigenvalue weighted by Gasteiger charge is -2.37. The van der Waals surface area contributed by atoms with Gasteiger partial charge in [-0.1, -0.05) is 15.9 Å². The second kappa shape index (κ2) is 9.78. The Bertz CT molecular complexity index is 1260. The Morgan fingerprint density at radius 1 is 1.26 bits per heavy atom. The lowest BCUT2D eigenvalue weighted by Crippen LogP contribution is -2.52. The van der Waals surface area contributed by atoms with E-state index in [0.29, 0.717) is 54.1 Å². The summed E-state index contributed by atoms with van der Waals surface area (Å²) in [5.41, 5.74) is 8.80. The van der Waals surface area contributed by atoms with Crippen molar-refractivity contribution in [3.63, 3.8) is 0 Å². The number of nitrogens with two attached hydrogens (primary N) is 1. The molecule has 2 bridgehead atoms. The molecule has 0 saturated carbocycles. The third kappa shape index (κ3) is 4.49. The molecule has 7 rings (SSSR count). The van der Waals surface area contributed by atoms with Crippen molar-refractivity contribution >= 4 is 27.4 Å². The fraction of sp³-hybridized carbons (Fsp3) is 0.643. The average Bonchev–Trinajstić information content (AvgIpc) is 3.56. The molecule has 210 valence electrons. The average molecular weight is 606 g/mol. The Morgan fingerprint density at radius 2 is 2.05 bits per heavy atom. The van der Waals surface area contributed by atoms with Gasteiger partial charge in [0.2, 0.25) is 0 Å². The van der Waals surface area contributed by atoms with Gasteiger partial charge < -0.3 is 25.4 Å². The molecule has 1 aromatic heterocycles. The van der Waals surface area contributed by atoms with E-state index in [0.717, 1.165) is 68.0 Å². The van der Waals surface area contributed by atoms with Crippen LogP contribution in [0.5, 0.6) is 6.01 Å². The van der Waals surface area contributed by atoms with Crippen molar-refractivity contribution in [2.75, 3.05) is 43.4 Å². The van der Waals surface area contributed by atoms with Crippen LogP contribution in [0.3, 0.4) is 0 Å². The summed E-state index contributed by atoms with van der Waals surface area (Å²) in [5, 5.41) is 3.68. The molecule has 0 spiro atoms. The SMILES string of the molecule is Cc1cc(N)c(F)c([C@@H]2Cc3nc(OC[C@@]45CCCN4C[C@H](F)C5)nc(N4CC5CCC(C4)N5)c3CO2)c1Br. The fourth-order valence-electron chi connectivity index (χ4n) is 7.47. The van der Waals surface area contributed by atoms with Crippen molar-refractivity contribution in [3.05, 3.63) is 38.7 Å². The lowest BCUT2D eigenvalue weighted by molar-refractivity contribution is 0.0227. The van der Waals surface area contributed by atoms with Gasteiger partial charge in [-0.15, -0.1) is 0 Å². The number of ether oxygens (including phenoxy) is 2. The molecule has 0 radical (unpaired) electrons. The number of benzene rings is 1. The van der Waals surface area contributed by atoms with Crippen molar-refractivity contribution in [1.82, 2.24) is 20.2 Å². The van der Waals surface area contributed by atoms with Crippen LogP contribution in [-0.2, 0) is 17.8 Å². The molecule has 8 nitrogen and oxygen atoms in total. The molecule has 0 amide bonds. The highest BCUT2D eigenvalue weighted by Crippen LogP contribution is 2.43. The summed E-state index contributed by atoms with van der Waals surface area (Å²) in [6.07, 6.45) is 3.78. The third-order valence-corrected chi connectivity index (χ3v) is 10.4. The first-order valence-corrected chi connectivity index (χ1v) is 14.9. The summed E-state index contributed by atoms with van der Waals surface area (Å²) in [6, 6.07) is 2.80. The van der Waals surface area contributed by atoms with Crippen LogP contribution in [-0.4, -0.2) is 71.4 Å². The molecular weight excluding hydrogens is 570 g/mol. The Morgan fingerprint density at radius 3 is 2.85 bits per heavy atom. The van der Waals surface area contributed by atoms with Crippen molar-refractivity contribution in [1.29, 1.82) is 0 Å². The minimum atomic E-state index is -0.821. The molecule has 5 aliphatic rings. The Kier molecular flexibility index (Phi) is 6.49. The van der Waals surface area contributed by atoms with Crippen LogP contribution in [0.15, 0.2) is 10.5 Å². The number of aryl methyl sites for hydroxylation is 1. The van der Waals surface area contributed by atoms with E-state index in [9.17, 15) is 4.39 Å². The molecule has 0 aliphatic carbocycles. The zero-order valence-electron chi connectivity index (χ0n) is 22.2. The topological polar surface area (TPSA) is 88.8 Å². The number of fused-ring (bicyclic) bond motifs is 4. The molecule has 11 heteroatoms. The molecule has 2 aromatic rings. The molecule has 5 aliphatic heterocycles. The standard InChI is InChI=1S/C28H35BrF2N6O2/c1-15-7-20(32)25(31)23(24(15)29)22-8-21-19(13-38-22)26(36-11-17-3-4-18(12-36)33-17)35-27(34-21)39-14-28-5-2-6-37(28)10-16(30)9-28/h7,16-18,22,33H,2-6,8-14,32H2,1H3/t16-,17?,18?,22+,28+/m1/s1. The number of nitrogens with zero attached hydrogens (tertiary/aromatic N) is 4. The normalized spacial score (nSPS) is 31.9. The smallest absolute Gasteiger partial charge is 0.318 e. The van der Waals surface area contributed by atoms with E-state index in [2.05, 4.69) is 31.0 Å². The lowest BCUT2D eigenvalue weighted by atomic mass is 9.95. The Balaban J connectivity index is 1.23. The summed E-state index contributed by atoms with van der Waals surface area (Å²) >= 11 is 3.56. The van der Waals surface area contributed by atoms with Gasteiger partial charge in [0, 0.05) is 60.2 Å². The highest BCUT2D eigenvalue weighted by atomic mass is 79.9. The number of hydrogen-bond donors (Lipinski definition) is 2. The van der Waals surface area contributed by atoms with Gasteiger partial charge in [-0.2, -0.15) is 9.97 Å². The number of anilines is 2. The van der Waals surface area contributed by atoms with E-state index in [1.54, 1.807) is 6.07 Å². The van der Waals surface area contributed by atoms with E-state index in [-0.39, 0.29) is 17.8 Å². The number of halogens is 3. The number of piperazine rings is 1. The number of nitrogens with one attached hydrogen (secondary N) is 1. The van der Waals surface area contributed by atoms with Gasteiger partial charge in [-0.25, -0.2) is 8.78 Å². The summed E-state index contributed by atoms with van der Waals surface area (Å²) in [6.45, 7) is 5.63. The molecule has 4 saturated heterocycles. The second-order valence-corrected chi connectivity index (χ2v) is 12.8. The van der Waals surface area contributed by atoms with Crippen LogP contribution < -0.4 is 20.7 Å². The minimum absolute atomic E-state index is 0.104. The number of alkyl halides is 1. The zero-order valence-corrected chi connectivity index (χ0v) is 23.8. The van der Waals surface area contributed by atoms with Gasteiger partial charge in [0.05, 0.1) is 29.6 Å². The number of aromatic nitrogens is 2. The predicted octanol–water partition coefficient (Wildman–Crippen LogP) is 3.98. The minimum Gasteiger partial charge on any atom is -0.461 e. The highest BCUT2D eigenvalue weighted by molar-refractivity contribution is 9.10. The molecule has 5 atom stereocenters. The predicted molar refractivity (Wildman–Crippen MR) is 147 cm³/mol. The molecule has 39 heavy (non-hydrogen) atoms. The van der Waals surface area contributed by atoms with E-state index in [1.807, 2.05) is 6.92 Å². The molecular formula is C28H35BrF2N6O2. The fourth-order valence-corrected chi connectivity index (χ4v) is 8.01. The maximum atomic E-state index is 15.3. The second-order valence-electron chi connectivity index (χ2n) is 12.0. The first-order chi connectivity index (χ1) is 18.8. The summed E-state index contributed by atoms with van der Waals surface area (Å²) < 4.78 is 42.9. The van der Waals surface area contributed by atoms with E-state index >= 15 is 4.39 Å². The maximum Gasteiger partial charge on any atom is 0.318 e. The summed E-state index contributed by atoms with van der Waals surface area (Å²) in [4.78, 5) is 14.3. The number of rotatable bonds is 5. The largest absolute Gasteiger partial charge is 0.461 e. The van der Waals surface area contributed by atoms with Crippen LogP contribution >= 0.6 is 15.9 Å². The monoisotopic (exact) mass is 604 g/mol. The van der Waals surface area contributed by atoms with Crippen molar-refractivity contribution < 1.29 is 18.3 Å². The van der Waals surface area contributed by atoms with E-state index in [4.69, 9.17) is 25.2 Å². The number of hydrogen-bond acceptors (Lipinski definition) is 8. The van der Waals surface area contributed by atoms with Crippen molar-refractivity contribution in [2.45, 2.75) is 82.0 Å². The van der Waals surface area contributed by atoms with Gasteiger partial charge in [0.1, 0.15) is 18.6 Å². The van der Waals surface area contributed by atoms with Crippen LogP contribution in [0.2, 0.25) is 0 Å². The summed E-state index contributed by atoms with van der Waals surface area (Å²) in [7, 11) is 0. The first-order valence-electron chi connectivity index (χ1n) is 14.1. The molecule has 2 unspecified atom stereocenters.